The van der Waals surface area contributed by atoms with Gasteiger partial charge < -0.3 is 5.32 Å². The zero-order valence-corrected chi connectivity index (χ0v) is 11.2. The number of thioether (sulfide) groups is 1. The predicted molar refractivity (Wildman–Crippen MR) is 72.7 cm³/mol. The lowest BCUT2D eigenvalue weighted by atomic mass is 10.2. The van der Waals surface area contributed by atoms with Crippen molar-refractivity contribution in [1.82, 2.24) is 0 Å². The molecule has 0 saturated heterocycles. The van der Waals surface area contributed by atoms with Gasteiger partial charge in [-0.25, -0.2) is 8.78 Å². The summed E-state index contributed by atoms with van der Waals surface area (Å²) in [5.74, 6) is -4.59. The Morgan fingerprint density at radius 2 is 1.71 bits per heavy atom. The van der Waals surface area contributed by atoms with Crippen LogP contribution in [0.1, 0.15) is 5.56 Å². The summed E-state index contributed by atoms with van der Waals surface area (Å²) in [6.07, 6.45) is 0. The molecule has 1 N–H and O–H groups in total. The van der Waals surface area contributed by atoms with Crippen molar-refractivity contribution in [3.05, 3.63) is 53.6 Å². The fourth-order valence-corrected chi connectivity index (χ4v) is 2.26. The molecular formula is C14H8F4N2S. The van der Waals surface area contributed by atoms with Gasteiger partial charge in [-0.2, -0.15) is 14.0 Å². The smallest absolute Gasteiger partial charge is 0.288 e. The van der Waals surface area contributed by atoms with Crippen LogP contribution in [0.3, 0.4) is 0 Å². The number of nitriles is 1. The Morgan fingerprint density at radius 1 is 1.10 bits per heavy atom. The van der Waals surface area contributed by atoms with Crippen molar-refractivity contribution in [3.63, 3.8) is 0 Å². The molecular weight excluding hydrogens is 304 g/mol. The van der Waals surface area contributed by atoms with Gasteiger partial charge in [0.05, 0.1) is 17.3 Å². The molecule has 0 aliphatic carbocycles. The second kappa shape index (κ2) is 6.50. The van der Waals surface area contributed by atoms with Crippen LogP contribution < -0.4 is 5.32 Å². The van der Waals surface area contributed by atoms with Crippen LogP contribution in [0.4, 0.5) is 28.9 Å². The second-order valence-electron chi connectivity index (χ2n) is 3.93. The first-order valence-corrected chi connectivity index (χ1v) is 6.59. The van der Waals surface area contributed by atoms with E-state index in [1.54, 1.807) is 18.2 Å². The molecule has 0 amide bonds. The molecule has 21 heavy (non-hydrogen) atoms. The first-order chi connectivity index (χ1) is 10.0. The average molecular weight is 312 g/mol. The monoisotopic (exact) mass is 312 g/mol. The summed E-state index contributed by atoms with van der Waals surface area (Å²) in [5.41, 5.74) is -0.493. The van der Waals surface area contributed by atoms with E-state index in [4.69, 9.17) is 5.26 Å². The molecule has 108 valence electrons. The number of alkyl halides is 2. The lowest BCUT2D eigenvalue weighted by Crippen LogP contribution is -2.00. The van der Waals surface area contributed by atoms with Gasteiger partial charge in [-0.1, -0.05) is 23.9 Å². The van der Waals surface area contributed by atoms with Crippen LogP contribution >= 0.6 is 11.8 Å². The first kappa shape index (κ1) is 15.2. The number of nitrogens with one attached hydrogen (secondary N) is 1. The Hall–Kier alpha value is -2.20. The highest BCUT2D eigenvalue weighted by molar-refractivity contribution is 7.99. The number of benzene rings is 2. The standard InChI is InChI=1S/C14H8F4N2S/c15-9-5-8(7-19)6-10(16)13(9)20-11-3-1-2-4-12(11)21-14(17)18/h1-6,14,20H. The van der Waals surface area contributed by atoms with Crippen molar-refractivity contribution < 1.29 is 17.6 Å². The van der Waals surface area contributed by atoms with Crippen LogP contribution in [0.2, 0.25) is 0 Å². The zero-order chi connectivity index (χ0) is 15.4. The molecule has 0 spiro atoms. The lowest BCUT2D eigenvalue weighted by molar-refractivity contribution is 0.252. The minimum absolute atomic E-state index is 0.158. The molecule has 0 aliphatic heterocycles. The first-order valence-electron chi connectivity index (χ1n) is 5.71. The highest BCUT2D eigenvalue weighted by atomic mass is 32.2. The normalized spacial score (nSPS) is 10.5. The Balaban J connectivity index is 2.37. The van der Waals surface area contributed by atoms with Gasteiger partial charge in [0.15, 0.2) is 11.6 Å². The van der Waals surface area contributed by atoms with Crippen LogP contribution in [-0.2, 0) is 0 Å². The van der Waals surface area contributed by atoms with E-state index in [0.717, 1.165) is 12.1 Å². The Labute approximate surface area is 122 Å². The van der Waals surface area contributed by atoms with Crippen molar-refractivity contribution in [2.45, 2.75) is 10.7 Å². The minimum Gasteiger partial charge on any atom is -0.350 e. The molecule has 0 unspecified atom stereocenters. The number of hydrogen-bond acceptors (Lipinski definition) is 3. The topological polar surface area (TPSA) is 35.8 Å². The van der Waals surface area contributed by atoms with E-state index in [0.29, 0.717) is 0 Å². The van der Waals surface area contributed by atoms with E-state index in [9.17, 15) is 17.6 Å². The number of nitrogens with zero attached hydrogens (tertiary/aromatic N) is 1. The van der Waals surface area contributed by atoms with Crippen molar-refractivity contribution in [1.29, 1.82) is 5.26 Å². The van der Waals surface area contributed by atoms with Crippen molar-refractivity contribution in [2.24, 2.45) is 0 Å². The molecule has 0 heterocycles. The van der Waals surface area contributed by atoms with Gasteiger partial charge in [-0.3, -0.25) is 0 Å². The van der Waals surface area contributed by atoms with Crippen LogP contribution in [-0.4, -0.2) is 5.76 Å². The molecule has 2 aromatic rings. The fourth-order valence-electron chi connectivity index (χ4n) is 1.66. The van der Waals surface area contributed by atoms with Crippen LogP contribution in [0.5, 0.6) is 0 Å². The molecule has 2 rings (SSSR count). The number of anilines is 2. The number of halogens is 4. The van der Waals surface area contributed by atoms with E-state index in [-0.39, 0.29) is 27.9 Å². The van der Waals surface area contributed by atoms with Crippen LogP contribution in [0, 0.1) is 23.0 Å². The lowest BCUT2D eigenvalue weighted by Gasteiger charge is -2.13. The van der Waals surface area contributed by atoms with E-state index < -0.39 is 23.1 Å². The quantitative estimate of drug-likeness (QED) is 0.644. The third-order valence-corrected chi connectivity index (χ3v) is 3.32. The third kappa shape index (κ3) is 3.67. The maximum absolute atomic E-state index is 13.8. The van der Waals surface area contributed by atoms with Gasteiger partial charge in [0.2, 0.25) is 0 Å². The number of hydrogen-bond donors (Lipinski definition) is 1. The van der Waals surface area contributed by atoms with Crippen molar-refractivity contribution >= 4 is 23.1 Å². The van der Waals surface area contributed by atoms with Gasteiger partial charge in [0.1, 0.15) is 5.69 Å². The molecule has 0 fully saturated rings. The van der Waals surface area contributed by atoms with Gasteiger partial charge in [-0.15, -0.1) is 0 Å². The maximum Gasteiger partial charge on any atom is 0.288 e. The Bertz CT molecular complexity index is 675. The molecule has 0 atom stereocenters. The predicted octanol–water partition coefficient (Wildman–Crippen LogP) is 4.89. The maximum atomic E-state index is 13.8. The Kier molecular flexibility index (Phi) is 4.70. The number of para-hydroxylation sites is 1. The molecule has 2 nitrogen and oxygen atoms in total. The second-order valence-corrected chi connectivity index (χ2v) is 4.96. The average Bonchev–Trinajstić information content (AvgIpc) is 2.43. The van der Waals surface area contributed by atoms with Crippen LogP contribution in [0.25, 0.3) is 0 Å². The summed E-state index contributed by atoms with van der Waals surface area (Å²) in [5, 5.41) is 11.1. The van der Waals surface area contributed by atoms with E-state index in [1.165, 1.54) is 12.1 Å². The van der Waals surface area contributed by atoms with Gasteiger partial charge in [0, 0.05) is 4.90 Å². The van der Waals surface area contributed by atoms with Crippen molar-refractivity contribution in [2.75, 3.05) is 5.32 Å². The zero-order valence-electron chi connectivity index (χ0n) is 10.4. The van der Waals surface area contributed by atoms with Crippen LogP contribution in [0.15, 0.2) is 41.3 Å². The van der Waals surface area contributed by atoms with Crippen molar-refractivity contribution in [3.8, 4) is 6.07 Å². The molecule has 0 bridgehead atoms. The highest BCUT2D eigenvalue weighted by Gasteiger charge is 2.15. The SMILES string of the molecule is N#Cc1cc(F)c(Nc2ccccc2SC(F)F)c(F)c1. The van der Waals surface area contributed by atoms with Gasteiger partial charge >= 0.3 is 0 Å². The summed E-state index contributed by atoms with van der Waals surface area (Å²) in [4.78, 5) is 0.163. The van der Waals surface area contributed by atoms with Gasteiger partial charge in [0.25, 0.3) is 5.76 Å². The highest BCUT2D eigenvalue weighted by Crippen LogP contribution is 2.34. The Morgan fingerprint density at radius 3 is 2.29 bits per heavy atom. The molecule has 0 aliphatic rings. The largest absolute Gasteiger partial charge is 0.350 e. The summed E-state index contributed by atoms with van der Waals surface area (Å²) < 4.78 is 52.4. The number of rotatable bonds is 4. The molecule has 7 heteroatoms. The molecule has 0 aromatic heterocycles. The third-order valence-electron chi connectivity index (χ3n) is 2.53. The minimum atomic E-state index is -2.65. The molecule has 0 saturated carbocycles. The van der Waals surface area contributed by atoms with Gasteiger partial charge in [-0.05, 0) is 24.3 Å². The molecule has 2 aromatic carbocycles. The summed E-state index contributed by atoms with van der Waals surface area (Å²) in [6.45, 7) is 0. The molecule has 0 radical (unpaired) electrons. The summed E-state index contributed by atoms with van der Waals surface area (Å²) >= 11 is 0.271. The summed E-state index contributed by atoms with van der Waals surface area (Å²) in [6, 6.07) is 9.31. The van der Waals surface area contributed by atoms with E-state index in [2.05, 4.69) is 5.32 Å². The fraction of sp³-hybridized carbons (Fsp3) is 0.0714. The van der Waals surface area contributed by atoms with E-state index in [1.807, 2.05) is 0 Å². The van der Waals surface area contributed by atoms with E-state index >= 15 is 0 Å². The summed E-state index contributed by atoms with van der Waals surface area (Å²) in [7, 11) is 0.